The molecule has 0 saturated heterocycles. The van der Waals surface area contributed by atoms with Crippen molar-refractivity contribution in [3.63, 3.8) is 0 Å². The second kappa shape index (κ2) is 7.41. The van der Waals surface area contributed by atoms with Crippen molar-refractivity contribution in [3.05, 3.63) is 37.7 Å². The highest BCUT2D eigenvalue weighted by Crippen LogP contribution is 2.34. The molecule has 4 N–H and O–H groups in total. The van der Waals surface area contributed by atoms with E-state index in [1.54, 1.807) is 11.3 Å². The molecule has 0 bridgehead atoms. The fourth-order valence-electron chi connectivity index (χ4n) is 2.96. The maximum atomic E-state index is 12.4. The van der Waals surface area contributed by atoms with E-state index in [0.29, 0.717) is 16.7 Å². The van der Waals surface area contributed by atoms with Crippen LogP contribution in [0.3, 0.4) is 0 Å². The zero-order chi connectivity index (χ0) is 19.0. The first-order valence-electron chi connectivity index (χ1n) is 8.17. The number of hydrogen-bond acceptors (Lipinski definition) is 8. The van der Waals surface area contributed by atoms with Crippen LogP contribution in [0.4, 0.5) is 5.13 Å². The summed E-state index contributed by atoms with van der Waals surface area (Å²) in [5.41, 5.74) is 6.31. The van der Waals surface area contributed by atoms with Crippen molar-refractivity contribution in [2.45, 2.75) is 25.0 Å². The molecule has 140 valence electrons. The number of thioether (sulfide) groups is 1. The van der Waals surface area contributed by atoms with Crippen LogP contribution in [0, 0.1) is 0 Å². The number of carbonyl (C=O) groups is 2. The van der Waals surface area contributed by atoms with Gasteiger partial charge in [-0.25, -0.2) is 9.97 Å². The Morgan fingerprint density at radius 1 is 1.33 bits per heavy atom. The van der Waals surface area contributed by atoms with E-state index in [-0.39, 0.29) is 22.9 Å². The number of anilines is 1. The Kier molecular flexibility index (Phi) is 4.98. The third kappa shape index (κ3) is 3.75. The van der Waals surface area contributed by atoms with Crippen LogP contribution in [0.25, 0.3) is 10.2 Å². The lowest BCUT2D eigenvalue weighted by Crippen LogP contribution is -2.16. The molecule has 1 aliphatic rings. The van der Waals surface area contributed by atoms with Crippen molar-refractivity contribution in [1.29, 1.82) is 0 Å². The number of nitrogens with one attached hydrogen (secondary N) is 2. The van der Waals surface area contributed by atoms with Gasteiger partial charge in [-0.2, -0.15) is 0 Å². The molecule has 0 unspecified atom stereocenters. The first kappa shape index (κ1) is 18.1. The Bertz CT molecular complexity index is 1100. The predicted octanol–water partition coefficient (Wildman–Crippen LogP) is 1.90. The van der Waals surface area contributed by atoms with Crippen LogP contribution in [-0.4, -0.2) is 32.5 Å². The number of aromatic nitrogens is 3. The Morgan fingerprint density at radius 3 is 2.96 bits per heavy atom. The summed E-state index contributed by atoms with van der Waals surface area (Å²) in [5.74, 6) is 0.283. The Labute approximate surface area is 165 Å². The molecule has 1 aliphatic carbocycles. The van der Waals surface area contributed by atoms with Crippen molar-refractivity contribution in [1.82, 2.24) is 15.0 Å². The van der Waals surface area contributed by atoms with Gasteiger partial charge in [0.2, 0.25) is 5.91 Å². The lowest BCUT2D eigenvalue weighted by molar-refractivity contribution is -0.113. The Hall–Kier alpha value is -2.24. The molecule has 0 aromatic carbocycles. The molecule has 0 radical (unpaired) electrons. The van der Waals surface area contributed by atoms with E-state index >= 15 is 0 Å². The maximum Gasteiger partial charge on any atom is 0.268 e. The molecule has 11 heteroatoms. The number of hydrogen-bond donors (Lipinski definition) is 3. The quantitative estimate of drug-likeness (QED) is 0.557. The molecule has 0 fully saturated rings. The monoisotopic (exact) mass is 421 g/mol. The molecular formula is C16H15N5O3S3. The predicted molar refractivity (Wildman–Crippen MR) is 108 cm³/mol. The van der Waals surface area contributed by atoms with Gasteiger partial charge in [0.15, 0.2) is 5.13 Å². The summed E-state index contributed by atoms with van der Waals surface area (Å²) >= 11 is 4.08. The van der Waals surface area contributed by atoms with Gasteiger partial charge in [-0.05, 0) is 24.8 Å². The van der Waals surface area contributed by atoms with Crippen LogP contribution >= 0.6 is 34.4 Å². The van der Waals surface area contributed by atoms with Crippen molar-refractivity contribution in [2.75, 3.05) is 11.1 Å². The molecule has 3 aromatic heterocycles. The van der Waals surface area contributed by atoms with Gasteiger partial charge in [0.25, 0.3) is 11.5 Å². The number of aromatic amines is 1. The molecule has 3 aromatic rings. The number of rotatable bonds is 6. The van der Waals surface area contributed by atoms with Gasteiger partial charge in [0, 0.05) is 10.3 Å². The Balaban J connectivity index is 1.36. The average molecular weight is 422 g/mol. The highest BCUT2D eigenvalue weighted by Gasteiger charge is 2.21. The summed E-state index contributed by atoms with van der Waals surface area (Å²) in [6.45, 7) is 0. The van der Waals surface area contributed by atoms with Gasteiger partial charge >= 0.3 is 0 Å². The van der Waals surface area contributed by atoms with Crippen LogP contribution in [-0.2, 0) is 23.4 Å². The van der Waals surface area contributed by atoms with Crippen LogP contribution < -0.4 is 16.6 Å². The minimum atomic E-state index is -0.633. The maximum absolute atomic E-state index is 12.4. The van der Waals surface area contributed by atoms with Crippen LogP contribution in [0.5, 0.6) is 0 Å². The molecule has 3 heterocycles. The number of H-pyrrole nitrogens is 1. The first-order valence-corrected chi connectivity index (χ1v) is 11.0. The average Bonchev–Trinajstić information content (AvgIpc) is 3.29. The second-order valence-electron chi connectivity index (χ2n) is 5.99. The van der Waals surface area contributed by atoms with Gasteiger partial charge in [-0.1, -0.05) is 0 Å². The lowest BCUT2D eigenvalue weighted by Gasteiger charge is -2.03. The van der Waals surface area contributed by atoms with Gasteiger partial charge in [0.1, 0.15) is 16.3 Å². The minimum absolute atomic E-state index is 0.0961. The SMILES string of the molecule is NC(=O)c1csc(NC(=O)CSCc2nc3sc4c(c3c(=O)[nH]2)CCC4)n1. The molecule has 0 saturated carbocycles. The third-order valence-corrected chi connectivity index (χ3v) is 6.99. The number of amides is 2. The van der Waals surface area contributed by atoms with E-state index in [4.69, 9.17) is 5.73 Å². The van der Waals surface area contributed by atoms with Gasteiger partial charge in [-0.3, -0.25) is 14.4 Å². The number of nitrogens with zero attached hydrogens (tertiary/aromatic N) is 2. The first-order chi connectivity index (χ1) is 13.0. The topological polar surface area (TPSA) is 131 Å². The zero-order valence-corrected chi connectivity index (χ0v) is 16.5. The molecule has 2 amide bonds. The molecule has 8 nitrogen and oxygen atoms in total. The number of aryl methyl sites for hydroxylation is 2. The number of primary amides is 1. The number of thiazole rings is 1. The molecule has 0 aliphatic heterocycles. The highest BCUT2D eigenvalue weighted by molar-refractivity contribution is 7.99. The fraction of sp³-hybridized carbons (Fsp3) is 0.312. The van der Waals surface area contributed by atoms with Crippen molar-refractivity contribution in [3.8, 4) is 0 Å². The van der Waals surface area contributed by atoms with Crippen LogP contribution in [0.15, 0.2) is 10.2 Å². The van der Waals surface area contributed by atoms with E-state index < -0.39 is 5.91 Å². The highest BCUT2D eigenvalue weighted by atomic mass is 32.2. The summed E-state index contributed by atoms with van der Waals surface area (Å²) in [7, 11) is 0. The zero-order valence-electron chi connectivity index (χ0n) is 14.0. The summed E-state index contributed by atoms with van der Waals surface area (Å²) in [4.78, 5) is 48.8. The molecule has 4 rings (SSSR count). The van der Waals surface area contributed by atoms with Crippen molar-refractivity contribution in [2.24, 2.45) is 5.73 Å². The molecule has 27 heavy (non-hydrogen) atoms. The molecule has 0 atom stereocenters. The second-order valence-corrected chi connectivity index (χ2v) is 8.92. The smallest absolute Gasteiger partial charge is 0.268 e. The van der Waals surface area contributed by atoms with Gasteiger partial charge in [0.05, 0.1) is 16.9 Å². The number of nitrogens with two attached hydrogens (primary N) is 1. The van der Waals surface area contributed by atoms with E-state index in [9.17, 15) is 14.4 Å². The van der Waals surface area contributed by atoms with Crippen LogP contribution in [0.2, 0.25) is 0 Å². The summed E-state index contributed by atoms with van der Waals surface area (Å²) in [6.07, 6.45) is 3.07. The van der Waals surface area contributed by atoms with Gasteiger partial charge < -0.3 is 16.0 Å². The largest absolute Gasteiger partial charge is 0.364 e. The van der Waals surface area contributed by atoms with Crippen molar-refractivity contribution >= 4 is 61.6 Å². The van der Waals surface area contributed by atoms with E-state index in [1.165, 1.54) is 22.0 Å². The number of fused-ring (bicyclic) bond motifs is 3. The third-order valence-electron chi connectivity index (χ3n) is 4.10. The lowest BCUT2D eigenvalue weighted by atomic mass is 10.2. The number of carbonyl (C=O) groups excluding carboxylic acids is 2. The Morgan fingerprint density at radius 2 is 2.19 bits per heavy atom. The van der Waals surface area contributed by atoms with E-state index in [0.717, 1.165) is 46.4 Å². The molecular weight excluding hydrogens is 406 g/mol. The summed E-state index contributed by atoms with van der Waals surface area (Å²) in [6, 6.07) is 0. The van der Waals surface area contributed by atoms with Crippen LogP contribution in [0.1, 0.15) is 33.2 Å². The minimum Gasteiger partial charge on any atom is -0.364 e. The number of thiophene rings is 1. The summed E-state index contributed by atoms with van der Waals surface area (Å²) < 4.78 is 0. The van der Waals surface area contributed by atoms with E-state index in [2.05, 4.69) is 20.3 Å². The van der Waals surface area contributed by atoms with E-state index in [1.807, 2.05) is 0 Å². The standard InChI is InChI=1S/C16H15N5O3S3/c17-13(23)8-4-26-16(18-8)21-11(22)6-25-5-10-19-14(24)12-7-2-1-3-9(7)27-15(12)20-10/h4H,1-3,5-6H2,(H2,17,23)(H,18,21,22)(H,19,20,24). The summed E-state index contributed by atoms with van der Waals surface area (Å²) in [5, 5.41) is 5.17. The van der Waals surface area contributed by atoms with Crippen molar-refractivity contribution < 1.29 is 9.59 Å². The molecule has 0 spiro atoms. The van der Waals surface area contributed by atoms with Gasteiger partial charge in [-0.15, -0.1) is 34.4 Å². The fourth-order valence-corrected chi connectivity index (χ4v) is 5.64. The normalized spacial score (nSPS) is 13.0.